The van der Waals surface area contributed by atoms with Crippen LogP contribution in [0, 0.1) is 5.92 Å². The fraction of sp³-hybridized carbons (Fsp3) is 0.704. The highest BCUT2D eigenvalue weighted by molar-refractivity contribution is 9.10. The van der Waals surface area contributed by atoms with Gasteiger partial charge >= 0.3 is 12.2 Å². The molecule has 1 amide bonds. The maximum absolute atomic E-state index is 13.5. The van der Waals surface area contributed by atoms with Crippen molar-refractivity contribution in [2.24, 2.45) is 5.92 Å². The number of nitrogens with one attached hydrogen (secondary N) is 1. The molecule has 0 atom stereocenters. The van der Waals surface area contributed by atoms with E-state index >= 15 is 0 Å². The van der Waals surface area contributed by atoms with Gasteiger partial charge in [0.2, 0.25) is 0 Å². The highest BCUT2D eigenvalue weighted by Gasteiger charge is 2.45. The zero-order chi connectivity index (χ0) is 27.9. The Morgan fingerprint density at radius 2 is 1.84 bits per heavy atom. The Kier molecular flexibility index (Phi) is 7.89. The molecule has 0 aromatic carbocycles. The molecule has 0 radical (unpaired) electrons. The standard InChI is InChI=1S/C27H40BrN5O5/c1-25(2,3)32(23(34)36-16-17-13-27(7,14-17)38-24(35)37-26(4,5)6)21-12-20(30-18-10-8-9-11-18)31-22-19(28)15-29-33(21)22/h12,15,17-18H,8-11,13-14,16H2,1-7H3,(H,30,31). The summed E-state index contributed by atoms with van der Waals surface area (Å²) >= 11 is 3.54. The number of ether oxygens (including phenoxy) is 3. The molecule has 0 aliphatic heterocycles. The Hall–Kier alpha value is -2.56. The molecule has 2 saturated carbocycles. The number of hydrogen-bond donors (Lipinski definition) is 1. The molecule has 2 aliphatic carbocycles. The van der Waals surface area contributed by atoms with Crippen molar-refractivity contribution in [3.05, 3.63) is 16.7 Å². The second-order valence-electron chi connectivity index (χ2n) is 12.7. The quantitative estimate of drug-likeness (QED) is 0.368. The Balaban J connectivity index is 1.46. The number of carbonyl (C=O) groups is 2. The van der Waals surface area contributed by atoms with Crippen LogP contribution in [0.5, 0.6) is 0 Å². The van der Waals surface area contributed by atoms with Crippen LogP contribution in [0.1, 0.15) is 87.0 Å². The molecule has 1 N–H and O–H groups in total. The number of nitrogens with zero attached hydrogens (tertiary/aromatic N) is 4. The van der Waals surface area contributed by atoms with E-state index in [1.54, 1.807) is 36.4 Å². The SMILES string of the molecule is CC(C)(C)OC(=O)OC1(C)CC(COC(=O)N(c2cc(NC3CCCC3)nc3c(Br)cnn23)C(C)(C)C)C1. The van der Waals surface area contributed by atoms with E-state index in [1.165, 1.54) is 12.8 Å². The van der Waals surface area contributed by atoms with Gasteiger partial charge in [-0.25, -0.2) is 14.6 Å². The van der Waals surface area contributed by atoms with Crippen molar-refractivity contribution >= 4 is 45.5 Å². The fourth-order valence-electron chi connectivity index (χ4n) is 5.23. The van der Waals surface area contributed by atoms with Gasteiger partial charge in [0.25, 0.3) is 0 Å². The lowest BCUT2D eigenvalue weighted by molar-refractivity contribution is -0.118. The van der Waals surface area contributed by atoms with Crippen molar-refractivity contribution in [3.8, 4) is 0 Å². The van der Waals surface area contributed by atoms with E-state index < -0.39 is 29.0 Å². The van der Waals surface area contributed by atoms with E-state index in [9.17, 15) is 9.59 Å². The average Bonchev–Trinajstić information content (AvgIpc) is 3.38. The van der Waals surface area contributed by atoms with Gasteiger partial charge in [-0.05, 0) is 90.1 Å². The van der Waals surface area contributed by atoms with Crippen LogP contribution < -0.4 is 10.2 Å². The van der Waals surface area contributed by atoms with Crippen molar-refractivity contribution in [2.75, 3.05) is 16.8 Å². The minimum absolute atomic E-state index is 0.0871. The normalized spacial score (nSPS) is 22.2. The molecule has 2 aliphatic rings. The lowest BCUT2D eigenvalue weighted by atomic mass is 9.72. The summed E-state index contributed by atoms with van der Waals surface area (Å²) < 4.78 is 19.0. The van der Waals surface area contributed by atoms with Crippen LogP contribution in [0.4, 0.5) is 21.2 Å². The minimum Gasteiger partial charge on any atom is -0.449 e. The molecule has 2 aromatic heterocycles. The van der Waals surface area contributed by atoms with Crippen LogP contribution in [0.25, 0.3) is 5.65 Å². The summed E-state index contributed by atoms with van der Waals surface area (Å²) in [6.45, 7) is 13.4. The first-order valence-corrected chi connectivity index (χ1v) is 14.1. The maximum Gasteiger partial charge on any atom is 0.509 e. The molecular weight excluding hydrogens is 554 g/mol. The van der Waals surface area contributed by atoms with Gasteiger partial charge in [0, 0.05) is 23.6 Å². The number of amides is 1. The van der Waals surface area contributed by atoms with Crippen molar-refractivity contribution in [3.63, 3.8) is 0 Å². The third kappa shape index (κ3) is 6.71. The van der Waals surface area contributed by atoms with Gasteiger partial charge in [0.15, 0.2) is 5.65 Å². The number of aromatic nitrogens is 3. The van der Waals surface area contributed by atoms with Crippen LogP contribution in [-0.2, 0) is 14.2 Å². The van der Waals surface area contributed by atoms with Crippen LogP contribution in [-0.4, -0.2) is 56.2 Å². The lowest BCUT2D eigenvalue weighted by Gasteiger charge is -2.44. The number of fused-ring (bicyclic) bond motifs is 1. The lowest BCUT2D eigenvalue weighted by Crippen LogP contribution is -2.50. The third-order valence-electron chi connectivity index (χ3n) is 6.80. The zero-order valence-electron chi connectivity index (χ0n) is 23.5. The summed E-state index contributed by atoms with van der Waals surface area (Å²) in [6.07, 6.45) is 6.33. The molecule has 38 heavy (non-hydrogen) atoms. The monoisotopic (exact) mass is 593 g/mol. The van der Waals surface area contributed by atoms with Crippen molar-refractivity contribution < 1.29 is 23.8 Å². The molecule has 0 unspecified atom stereocenters. The number of halogens is 1. The van der Waals surface area contributed by atoms with E-state index in [4.69, 9.17) is 19.2 Å². The number of carbonyl (C=O) groups excluding carboxylic acids is 2. The second kappa shape index (κ2) is 10.5. The highest BCUT2D eigenvalue weighted by Crippen LogP contribution is 2.41. The Bertz CT molecular complexity index is 1170. The average molecular weight is 595 g/mol. The Morgan fingerprint density at radius 1 is 1.18 bits per heavy atom. The first-order valence-electron chi connectivity index (χ1n) is 13.3. The summed E-state index contributed by atoms with van der Waals surface area (Å²) in [5.74, 6) is 1.37. The van der Waals surface area contributed by atoms with E-state index in [2.05, 4.69) is 26.3 Å². The summed E-state index contributed by atoms with van der Waals surface area (Å²) in [6, 6.07) is 2.23. The molecule has 0 saturated heterocycles. The largest absolute Gasteiger partial charge is 0.509 e. The van der Waals surface area contributed by atoms with E-state index in [0.29, 0.717) is 36.2 Å². The van der Waals surface area contributed by atoms with Crippen LogP contribution in [0.3, 0.4) is 0 Å². The summed E-state index contributed by atoms with van der Waals surface area (Å²) in [7, 11) is 0. The number of rotatable bonds is 6. The predicted molar refractivity (Wildman–Crippen MR) is 149 cm³/mol. The number of anilines is 2. The van der Waals surface area contributed by atoms with Crippen LogP contribution in [0.2, 0.25) is 0 Å². The highest BCUT2D eigenvalue weighted by atomic mass is 79.9. The number of hydrogen-bond acceptors (Lipinski definition) is 8. The molecular formula is C27H40BrN5O5. The molecule has 210 valence electrons. The molecule has 0 bridgehead atoms. The van der Waals surface area contributed by atoms with Crippen LogP contribution >= 0.6 is 15.9 Å². The zero-order valence-corrected chi connectivity index (χ0v) is 25.1. The van der Waals surface area contributed by atoms with Gasteiger partial charge in [-0.15, -0.1) is 0 Å². The van der Waals surface area contributed by atoms with Crippen molar-refractivity contribution in [1.29, 1.82) is 0 Å². The molecule has 4 rings (SSSR count). The van der Waals surface area contributed by atoms with Crippen LogP contribution in [0.15, 0.2) is 16.7 Å². The topological polar surface area (TPSA) is 107 Å². The summed E-state index contributed by atoms with van der Waals surface area (Å²) in [4.78, 5) is 32.0. The van der Waals surface area contributed by atoms with Gasteiger partial charge in [0.1, 0.15) is 22.8 Å². The molecule has 2 aromatic rings. The van der Waals surface area contributed by atoms with E-state index in [1.807, 2.05) is 33.8 Å². The van der Waals surface area contributed by atoms with Gasteiger partial charge in [0.05, 0.1) is 17.3 Å². The summed E-state index contributed by atoms with van der Waals surface area (Å²) in [5, 5.41) is 8.01. The van der Waals surface area contributed by atoms with Gasteiger partial charge in [-0.3, -0.25) is 4.90 Å². The van der Waals surface area contributed by atoms with Gasteiger partial charge in [-0.1, -0.05) is 12.8 Å². The first kappa shape index (κ1) is 28.4. The van der Waals surface area contributed by atoms with Crippen molar-refractivity contribution in [2.45, 2.75) is 110 Å². The summed E-state index contributed by atoms with van der Waals surface area (Å²) in [5.41, 5.74) is -1.21. The van der Waals surface area contributed by atoms with Gasteiger partial charge in [-0.2, -0.15) is 9.61 Å². The van der Waals surface area contributed by atoms with E-state index in [-0.39, 0.29) is 12.5 Å². The maximum atomic E-state index is 13.5. The molecule has 11 heteroatoms. The molecule has 10 nitrogen and oxygen atoms in total. The molecule has 0 spiro atoms. The van der Waals surface area contributed by atoms with Gasteiger partial charge < -0.3 is 19.5 Å². The third-order valence-corrected chi connectivity index (χ3v) is 7.36. The second-order valence-corrected chi connectivity index (χ2v) is 13.6. The first-order chi connectivity index (χ1) is 17.6. The Labute approximate surface area is 232 Å². The molecule has 2 heterocycles. The smallest absolute Gasteiger partial charge is 0.449 e. The fourth-order valence-corrected chi connectivity index (χ4v) is 5.58. The van der Waals surface area contributed by atoms with Crippen molar-refractivity contribution in [1.82, 2.24) is 14.6 Å². The molecule has 2 fully saturated rings. The minimum atomic E-state index is -0.677. The van der Waals surface area contributed by atoms with E-state index in [0.717, 1.165) is 17.3 Å². The Morgan fingerprint density at radius 3 is 2.45 bits per heavy atom. The predicted octanol–water partition coefficient (Wildman–Crippen LogP) is 6.71.